The lowest BCUT2D eigenvalue weighted by Crippen LogP contribution is -2.31. The summed E-state index contributed by atoms with van der Waals surface area (Å²) in [6.07, 6.45) is 2.73. The molecule has 6 nitrogen and oxygen atoms in total. The third-order valence-corrected chi connectivity index (χ3v) is 5.59. The number of aromatic amines is 1. The number of nitrogens with one attached hydrogen (secondary N) is 2. The Balaban J connectivity index is 1.62. The van der Waals surface area contributed by atoms with Crippen LogP contribution in [0.1, 0.15) is 45.8 Å². The molecular formula is C22H19ClN2O4. The molecule has 3 N–H and O–H groups in total. The monoisotopic (exact) mass is 410 g/mol. The van der Waals surface area contributed by atoms with Crippen LogP contribution in [0, 0.1) is 0 Å². The number of aromatic nitrogens is 1. The van der Waals surface area contributed by atoms with Gasteiger partial charge in [0.15, 0.2) is 0 Å². The van der Waals surface area contributed by atoms with Crippen LogP contribution in [0.5, 0.6) is 0 Å². The SMILES string of the molecule is O=C(O)c1cc2cc(Cl)cc(CNC(=O)C3CCCc4ccccc43)c2[nH]c1=O. The van der Waals surface area contributed by atoms with Gasteiger partial charge in [0.25, 0.3) is 5.56 Å². The predicted molar refractivity (Wildman–Crippen MR) is 111 cm³/mol. The number of carbonyl (C=O) groups excluding carboxylic acids is 1. The van der Waals surface area contributed by atoms with Crippen molar-refractivity contribution in [1.29, 1.82) is 0 Å². The molecule has 1 amide bonds. The van der Waals surface area contributed by atoms with Gasteiger partial charge in [-0.2, -0.15) is 0 Å². The lowest BCUT2D eigenvalue weighted by molar-refractivity contribution is -0.123. The van der Waals surface area contributed by atoms with Crippen molar-refractivity contribution in [1.82, 2.24) is 10.3 Å². The standard InChI is InChI=1S/C22H19ClN2O4/c23-15-8-13-10-18(22(28)29)21(27)25-19(13)14(9-15)11-24-20(26)17-7-3-5-12-4-1-2-6-16(12)17/h1-2,4,6,8-10,17H,3,5,7,11H2,(H,24,26)(H,25,27)(H,28,29). The number of hydrogen-bond donors (Lipinski definition) is 3. The van der Waals surface area contributed by atoms with Crippen LogP contribution in [-0.4, -0.2) is 22.0 Å². The van der Waals surface area contributed by atoms with Crippen LogP contribution in [0.2, 0.25) is 5.02 Å². The highest BCUT2D eigenvalue weighted by Gasteiger charge is 2.26. The van der Waals surface area contributed by atoms with Crippen LogP contribution in [0.3, 0.4) is 0 Å². The van der Waals surface area contributed by atoms with Crippen LogP contribution < -0.4 is 10.9 Å². The van der Waals surface area contributed by atoms with Crippen molar-refractivity contribution in [3.63, 3.8) is 0 Å². The number of carboxylic acids is 1. The number of aryl methyl sites for hydroxylation is 1. The Labute approximate surface area is 171 Å². The fourth-order valence-corrected chi connectivity index (χ4v) is 4.23. The quantitative estimate of drug-likeness (QED) is 0.611. The Kier molecular flexibility index (Phi) is 5.11. The highest BCUT2D eigenvalue weighted by Crippen LogP contribution is 2.31. The molecule has 2 aromatic carbocycles. The Bertz CT molecular complexity index is 1190. The van der Waals surface area contributed by atoms with Crippen molar-refractivity contribution in [2.24, 2.45) is 0 Å². The number of carbonyl (C=O) groups is 2. The topological polar surface area (TPSA) is 99.3 Å². The molecular weight excluding hydrogens is 392 g/mol. The molecule has 0 saturated carbocycles. The number of carboxylic acid groups (broad SMARTS) is 1. The second kappa shape index (κ2) is 7.72. The summed E-state index contributed by atoms with van der Waals surface area (Å²) in [5.74, 6) is -1.59. The number of halogens is 1. The van der Waals surface area contributed by atoms with E-state index in [1.54, 1.807) is 12.1 Å². The Morgan fingerprint density at radius 3 is 2.79 bits per heavy atom. The lowest BCUT2D eigenvalue weighted by atomic mass is 9.82. The first-order valence-electron chi connectivity index (χ1n) is 9.38. The molecule has 0 bridgehead atoms. The third kappa shape index (κ3) is 3.76. The van der Waals surface area contributed by atoms with Gasteiger partial charge in [0, 0.05) is 17.0 Å². The average molecular weight is 411 g/mol. The number of rotatable bonds is 4. The van der Waals surface area contributed by atoms with Crippen LogP contribution in [-0.2, 0) is 17.8 Å². The summed E-state index contributed by atoms with van der Waals surface area (Å²) < 4.78 is 0. The second-order valence-electron chi connectivity index (χ2n) is 7.21. The van der Waals surface area contributed by atoms with Crippen molar-refractivity contribution in [2.75, 3.05) is 0 Å². The van der Waals surface area contributed by atoms with E-state index in [0.29, 0.717) is 21.5 Å². The van der Waals surface area contributed by atoms with Crippen LogP contribution >= 0.6 is 11.6 Å². The molecule has 0 saturated heterocycles. The van der Waals surface area contributed by atoms with Gasteiger partial charge in [0.1, 0.15) is 5.56 Å². The highest BCUT2D eigenvalue weighted by molar-refractivity contribution is 6.31. The smallest absolute Gasteiger partial charge is 0.341 e. The zero-order chi connectivity index (χ0) is 20.5. The molecule has 29 heavy (non-hydrogen) atoms. The van der Waals surface area contributed by atoms with Crippen LogP contribution in [0.4, 0.5) is 0 Å². The van der Waals surface area contributed by atoms with Gasteiger partial charge in [-0.3, -0.25) is 9.59 Å². The van der Waals surface area contributed by atoms with Gasteiger partial charge in [0.05, 0.1) is 11.4 Å². The zero-order valence-corrected chi connectivity index (χ0v) is 16.3. The largest absolute Gasteiger partial charge is 0.477 e. The second-order valence-corrected chi connectivity index (χ2v) is 7.64. The van der Waals surface area contributed by atoms with E-state index in [2.05, 4.69) is 16.4 Å². The summed E-state index contributed by atoms with van der Waals surface area (Å²) >= 11 is 6.17. The maximum Gasteiger partial charge on any atom is 0.341 e. The Morgan fingerprint density at radius 2 is 2.00 bits per heavy atom. The number of aromatic carboxylic acids is 1. The number of benzene rings is 2. The van der Waals surface area contributed by atoms with Gasteiger partial charge in [-0.1, -0.05) is 35.9 Å². The molecule has 3 aromatic rings. The Morgan fingerprint density at radius 1 is 1.21 bits per heavy atom. The number of amides is 1. The maximum absolute atomic E-state index is 12.9. The summed E-state index contributed by atoms with van der Waals surface area (Å²) in [7, 11) is 0. The normalized spacial score (nSPS) is 15.7. The van der Waals surface area contributed by atoms with E-state index in [1.807, 2.05) is 18.2 Å². The van der Waals surface area contributed by atoms with E-state index in [1.165, 1.54) is 11.6 Å². The van der Waals surface area contributed by atoms with Gasteiger partial charge >= 0.3 is 5.97 Å². The van der Waals surface area contributed by atoms with E-state index in [9.17, 15) is 14.4 Å². The fraction of sp³-hybridized carbons (Fsp3) is 0.227. The summed E-state index contributed by atoms with van der Waals surface area (Å²) in [6.45, 7) is 0.177. The van der Waals surface area contributed by atoms with Crippen molar-refractivity contribution in [3.05, 3.63) is 80.1 Å². The minimum absolute atomic E-state index is 0.0743. The predicted octanol–water partition coefficient (Wildman–Crippen LogP) is 3.62. The van der Waals surface area contributed by atoms with Crippen molar-refractivity contribution in [2.45, 2.75) is 31.7 Å². The highest BCUT2D eigenvalue weighted by atomic mass is 35.5. The number of H-pyrrole nitrogens is 1. The summed E-state index contributed by atoms with van der Waals surface area (Å²) in [5, 5.41) is 13.0. The first kappa shape index (κ1) is 19.2. The zero-order valence-electron chi connectivity index (χ0n) is 15.5. The molecule has 1 aliphatic rings. The van der Waals surface area contributed by atoms with E-state index < -0.39 is 11.5 Å². The third-order valence-electron chi connectivity index (χ3n) is 5.37. The molecule has 1 atom stereocenters. The van der Waals surface area contributed by atoms with Gasteiger partial charge in [-0.25, -0.2) is 4.79 Å². The molecule has 1 aliphatic carbocycles. The maximum atomic E-state index is 12.9. The molecule has 7 heteroatoms. The lowest BCUT2D eigenvalue weighted by Gasteiger charge is -2.24. The number of fused-ring (bicyclic) bond motifs is 2. The van der Waals surface area contributed by atoms with E-state index in [-0.39, 0.29) is 23.9 Å². The van der Waals surface area contributed by atoms with Crippen molar-refractivity contribution in [3.8, 4) is 0 Å². The molecule has 1 heterocycles. The van der Waals surface area contributed by atoms with Gasteiger partial charge in [-0.05, 0) is 54.2 Å². The van der Waals surface area contributed by atoms with Crippen molar-refractivity contribution < 1.29 is 14.7 Å². The van der Waals surface area contributed by atoms with E-state index in [0.717, 1.165) is 24.8 Å². The molecule has 0 spiro atoms. The van der Waals surface area contributed by atoms with E-state index >= 15 is 0 Å². The number of hydrogen-bond acceptors (Lipinski definition) is 3. The summed E-state index contributed by atoms with van der Waals surface area (Å²) in [5.41, 5.74) is 2.31. The average Bonchev–Trinajstić information content (AvgIpc) is 2.71. The van der Waals surface area contributed by atoms with Gasteiger partial charge < -0.3 is 15.4 Å². The summed E-state index contributed by atoms with van der Waals surface area (Å²) in [6, 6.07) is 12.5. The molecule has 0 aliphatic heterocycles. The fourth-order valence-electron chi connectivity index (χ4n) is 3.98. The number of pyridine rings is 1. The first-order chi connectivity index (χ1) is 13.9. The van der Waals surface area contributed by atoms with Crippen LogP contribution in [0.25, 0.3) is 10.9 Å². The minimum atomic E-state index is -1.31. The van der Waals surface area contributed by atoms with Gasteiger partial charge in [0.2, 0.25) is 5.91 Å². The molecule has 148 valence electrons. The molecule has 0 fully saturated rings. The van der Waals surface area contributed by atoms with E-state index in [4.69, 9.17) is 16.7 Å². The minimum Gasteiger partial charge on any atom is -0.477 e. The molecule has 1 unspecified atom stereocenters. The van der Waals surface area contributed by atoms with Gasteiger partial charge in [-0.15, -0.1) is 0 Å². The first-order valence-corrected chi connectivity index (χ1v) is 9.76. The van der Waals surface area contributed by atoms with Crippen LogP contribution in [0.15, 0.2) is 47.3 Å². The molecule has 0 radical (unpaired) electrons. The molecule has 4 rings (SSSR count). The molecule has 1 aromatic heterocycles. The van der Waals surface area contributed by atoms with Crippen molar-refractivity contribution >= 4 is 34.4 Å². The Hall–Kier alpha value is -3.12. The summed E-state index contributed by atoms with van der Waals surface area (Å²) in [4.78, 5) is 38.8.